The maximum atomic E-state index is 15.1. The summed E-state index contributed by atoms with van der Waals surface area (Å²) in [6, 6.07) is 12.7. The predicted molar refractivity (Wildman–Crippen MR) is 210 cm³/mol. The average molecular weight is 829 g/mol. The molecule has 3 heterocycles. The van der Waals surface area contributed by atoms with Gasteiger partial charge in [0, 0.05) is 38.1 Å². The number of anilines is 1. The monoisotopic (exact) mass is 827 g/mol. The number of amides is 3. The SMILES string of the molecule is C=CCCC(=O)N[C@@H](COC)[C@@H](OC(=O)[C@H]1[C@@H]2O[C@@]3(CC2Br)[C@@H]1C(=O)N(CCCCCCO)[C@@H]3C(=O)N(CC=C)c1c(C)cccc1Cl)c1ccccc1. The van der Waals surface area contributed by atoms with Crippen molar-refractivity contribution < 1.29 is 38.5 Å². The lowest BCUT2D eigenvalue weighted by molar-refractivity contribution is -0.163. The fourth-order valence-electron chi connectivity index (χ4n) is 8.32. The number of esters is 1. The van der Waals surface area contributed by atoms with E-state index in [0.29, 0.717) is 42.0 Å². The fourth-order valence-corrected chi connectivity index (χ4v) is 9.59. The lowest BCUT2D eigenvalue weighted by Crippen LogP contribution is -2.57. The van der Waals surface area contributed by atoms with Crippen molar-refractivity contribution in [3.8, 4) is 0 Å². The first-order chi connectivity index (χ1) is 26.0. The summed E-state index contributed by atoms with van der Waals surface area (Å²) in [6.45, 7) is 9.97. The first-order valence-corrected chi connectivity index (χ1v) is 19.9. The number of carbonyl (C=O) groups is 4. The molecule has 3 aliphatic heterocycles. The number of rotatable bonds is 20. The summed E-state index contributed by atoms with van der Waals surface area (Å²) in [5, 5.41) is 12.7. The van der Waals surface area contributed by atoms with Crippen molar-refractivity contribution in [3.63, 3.8) is 0 Å². The third kappa shape index (κ3) is 8.48. The molecule has 0 saturated carbocycles. The number of aliphatic hydroxyl groups is 1. The molecule has 3 fully saturated rings. The van der Waals surface area contributed by atoms with Gasteiger partial charge in [-0.25, -0.2) is 0 Å². The zero-order valence-corrected chi connectivity index (χ0v) is 33.3. The first kappa shape index (κ1) is 41.6. The summed E-state index contributed by atoms with van der Waals surface area (Å²) < 4.78 is 18.6. The zero-order valence-electron chi connectivity index (χ0n) is 31.0. The number of carbonyl (C=O) groups excluding carboxylic acids is 4. The van der Waals surface area contributed by atoms with Crippen LogP contribution in [0, 0.1) is 18.8 Å². The van der Waals surface area contributed by atoms with Crippen LogP contribution in [-0.4, -0.2) is 95.7 Å². The molecule has 54 heavy (non-hydrogen) atoms. The Labute approximate surface area is 331 Å². The van der Waals surface area contributed by atoms with Gasteiger partial charge in [0.15, 0.2) is 0 Å². The number of hydrogen-bond acceptors (Lipinski definition) is 8. The first-order valence-electron chi connectivity index (χ1n) is 18.6. The van der Waals surface area contributed by atoms with Crippen LogP contribution in [0.25, 0.3) is 0 Å². The Morgan fingerprint density at radius 3 is 2.54 bits per heavy atom. The molecular formula is C41H51BrClN3O8. The maximum Gasteiger partial charge on any atom is 0.313 e. The number of benzene rings is 2. The normalized spacial score (nSPS) is 25.2. The van der Waals surface area contributed by atoms with Gasteiger partial charge in [-0.2, -0.15) is 0 Å². The Morgan fingerprint density at radius 1 is 1.13 bits per heavy atom. The third-order valence-corrected chi connectivity index (χ3v) is 11.8. The van der Waals surface area contributed by atoms with Gasteiger partial charge in [-0.15, -0.1) is 13.2 Å². The lowest BCUT2D eigenvalue weighted by atomic mass is 9.70. The second-order valence-corrected chi connectivity index (χ2v) is 15.8. The smallest absolute Gasteiger partial charge is 0.313 e. The largest absolute Gasteiger partial charge is 0.455 e. The van der Waals surface area contributed by atoms with Crippen molar-refractivity contribution in [2.45, 2.75) is 86.6 Å². The van der Waals surface area contributed by atoms with Crippen LogP contribution in [0.1, 0.15) is 62.2 Å². The lowest BCUT2D eigenvalue weighted by Gasteiger charge is -2.37. The van der Waals surface area contributed by atoms with E-state index < -0.39 is 47.7 Å². The highest BCUT2D eigenvalue weighted by Crippen LogP contribution is 2.60. The number of nitrogens with one attached hydrogen (secondary N) is 1. The molecule has 5 rings (SSSR count). The number of methoxy groups -OCH3 is 1. The van der Waals surface area contributed by atoms with Gasteiger partial charge in [-0.3, -0.25) is 19.2 Å². The van der Waals surface area contributed by atoms with Crippen LogP contribution in [-0.2, 0) is 33.4 Å². The van der Waals surface area contributed by atoms with E-state index in [1.807, 2.05) is 37.3 Å². The molecule has 0 aromatic heterocycles. The summed E-state index contributed by atoms with van der Waals surface area (Å²) >= 11 is 10.5. The van der Waals surface area contributed by atoms with Crippen LogP contribution in [0.15, 0.2) is 73.8 Å². The van der Waals surface area contributed by atoms with E-state index in [-0.39, 0.29) is 55.3 Å². The summed E-state index contributed by atoms with van der Waals surface area (Å²) in [5.74, 6) is -3.71. The Hall–Kier alpha value is -3.55. The van der Waals surface area contributed by atoms with Crippen LogP contribution in [0.4, 0.5) is 5.69 Å². The van der Waals surface area contributed by atoms with Gasteiger partial charge in [-0.05, 0) is 49.8 Å². The second-order valence-electron chi connectivity index (χ2n) is 14.2. The number of aliphatic hydroxyl groups excluding tert-OH is 1. The van der Waals surface area contributed by atoms with Gasteiger partial charge in [0.05, 0.1) is 41.3 Å². The van der Waals surface area contributed by atoms with Gasteiger partial charge in [0.2, 0.25) is 11.8 Å². The Morgan fingerprint density at radius 2 is 1.87 bits per heavy atom. The maximum absolute atomic E-state index is 15.1. The highest BCUT2D eigenvalue weighted by Gasteiger charge is 2.77. The molecule has 2 bridgehead atoms. The van der Waals surface area contributed by atoms with Crippen molar-refractivity contribution in [1.29, 1.82) is 0 Å². The second kappa shape index (κ2) is 18.9. The summed E-state index contributed by atoms with van der Waals surface area (Å²) in [6.07, 6.45) is 5.24. The predicted octanol–water partition coefficient (Wildman–Crippen LogP) is 5.85. The van der Waals surface area contributed by atoms with Gasteiger partial charge in [0.1, 0.15) is 17.7 Å². The number of ether oxygens (including phenoxy) is 3. The number of halogens is 2. The number of hydrogen-bond donors (Lipinski definition) is 2. The van der Waals surface area contributed by atoms with Gasteiger partial charge < -0.3 is 34.4 Å². The molecule has 11 nitrogen and oxygen atoms in total. The number of fused-ring (bicyclic) bond motifs is 1. The number of unbranched alkanes of at least 4 members (excludes halogenated alkanes) is 3. The van der Waals surface area contributed by atoms with E-state index in [1.165, 1.54) is 7.11 Å². The van der Waals surface area contributed by atoms with E-state index in [4.69, 9.17) is 25.8 Å². The molecule has 292 valence electrons. The van der Waals surface area contributed by atoms with Gasteiger partial charge >= 0.3 is 5.97 Å². The third-order valence-electron chi connectivity index (χ3n) is 10.6. The number of likely N-dealkylation sites (tertiary alicyclic amines) is 1. The van der Waals surface area contributed by atoms with E-state index in [0.717, 1.165) is 18.4 Å². The standard InChI is InChI=1S/C41H51BrClN3O8/c1-5-7-20-31(48)44-30(25-52-4)35(27-17-11-10-12-18-27)53-40(51)32-33-38(49)46(22-13-8-9-14-23-47)37(41(33)24-28(42)36(32)54-41)39(50)45(21-6-2)34-26(3)16-15-19-29(34)43/h5-6,10-12,15-19,28,30,32-33,35-37,47H,1-2,7-9,13-14,20-25H2,3-4H3,(H,44,48)/t28?,30-,32+,33-,35-,36+,37+,41-/m0/s1. The molecule has 0 aliphatic carbocycles. The van der Waals surface area contributed by atoms with Crippen molar-refractivity contribution >= 4 is 56.9 Å². The van der Waals surface area contributed by atoms with Crippen LogP contribution >= 0.6 is 27.5 Å². The van der Waals surface area contributed by atoms with Crippen molar-refractivity contribution in [2.24, 2.45) is 11.8 Å². The minimum absolute atomic E-state index is 0.0475. The molecule has 3 aliphatic rings. The number of aryl methyl sites for hydroxylation is 1. The van der Waals surface area contributed by atoms with Crippen LogP contribution in [0.2, 0.25) is 5.02 Å². The quantitative estimate of drug-likeness (QED) is 0.0736. The number of nitrogens with zero attached hydrogens (tertiary/aromatic N) is 2. The number of para-hydroxylation sites is 1. The highest BCUT2D eigenvalue weighted by molar-refractivity contribution is 9.09. The molecule has 8 atom stereocenters. The van der Waals surface area contributed by atoms with Crippen molar-refractivity contribution in [3.05, 3.63) is 90.0 Å². The molecule has 2 N–H and O–H groups in total. The van der Waals surface area contributed by atoms with Crippen molar-refractivity contribution in [1.82, 2.24) is 10.2 Å². The molecule has 0 radical (unpaired) electrons. The molecule has 3 saturated heterocycles. The molecule has 2 aromatic carbocycles. The summed E-state index contributed by atoms with van der Waals surface area (Å²) in [7, 11) is 1.50. The van der Waals surface area contributed by atoms with Gasteiger partial charge in [-0.1, -0.05) is 95.0 Å². The van der Waals surface area contributed by atoms with E-state index in [9.17, 15) is 19.5 Å². The summed E-state index contributed by atoms with van der Waals surface area (Å²) in [4.78, 5) is 60.2. The molecule has 3 amide bonds. The van der Waals surface area contributed by atoms with Gasteiger partial charge in [0.25, 0.3) is 5.91 Å². The fraction of sp³-hybridized carbons (Fsp3) is 0.512. The molecule has 1 unspecified atom stereocenters. The Balaban J connectivity index is 1.53. The Bertz CT molecular complexity index is 1660. The highest BCUT2D eigenvalue weighted by atomic mass is 79.9. The van der Waals surface area contributed by atoms with E-state index in [2.05, 4.69) is 34.4 Å². The van der Waals surface area contributed by atoms with Crippen LogP contribution in [0.3, 0.4) is 0 Å². The molecule has 2 aromatic rings. The average Bonchev–Trinajstić information content (AvgIpc) is 3.75. The molecular weight excluding hydrogens is 778 g/mol. The minimum atomic E-state index is -1.34. The van der Waals surface area contributed by atoms with Crippen LogP contribution < -0.4 is 10.2 Å². The number of allylic oxidation sites excluding steroid dienone is 1. The van der Waals surface area contributed by atoms with E-state index in [1.54, 1.807) is 40.2 Å². The minimum Gasteiger partial charge on any atom is -0.455 e. The zero-order chi connectivity index (χ0) is 39.0. The van der Waals surface area contributed by atoms with Crippen LogP contribution in [0.5, 0.6) is 0 Å². The molecule has 13 heteroatoms. The van der Waals surface area contributed by atoms with E-state index >= 15 is 4.79 Å². The molecule has 1 spiro atoms. The van der Waals surface area contributed by atoms with Crippen molar-refractivity contribution in [2.75, 3.05) is 38.3 Å². The summed E-state index contributed by atoms with van der Waals surface area (Å²) in [5.41, 5.74) is 0.584. The Kier molecular flexibility index (Phi) is 14.5. The number of alkyl halides is 1. The topological polar surface area (TPSA) is 135 Å².